The van der Waals surface area contributed by atoms with Crippen LogP contribution < -0.4 is 0 Å². The van der Waals surface area contributed by atoms with Crippen molar-refractivity contribution in [1.29, 1.82) is 0 Å². The summed E-state index contributed by atoms with van der Waals surface area (Å²) in [6.45, 7) is 4.00. The number of hydrogen-bond donors (Lipinski definition) is 2. The van der Waals surface area contributed by atoms with Gasteiger partial charge in [0.15, 0.2) is 0 Å². The third-order valence-corrected chi connectivity index (χ3v) is 5.73. The Morgan fingerprint density at radius 1 is 1.00 bits per heavy atom. The highest BCUT2D eigenvalue weighted by Gasteiger charge is 2.24. The summed E-state index contributed by atoms with van der Waals surface area (Å²) in [4.78, 5) is 21.0. The number of hydrogen-bond acceptors (Lipinski definition) is 3. The Bertz CT molecular complexity index is 289. The van der Waals surface area contributed by atoms with Crippen molar-refractivity contribution in [3.05, 3.63) is 0 Å². The van der Waals surface area contributed by atoms with Crippen molar-refractivity contribution in [2.45, 2.75) is 33.1 Å². The standard InChI is InChI=1S/C11H21O5P/c1-9(2)3-6-17(16,7-4-10(12)13)8-5-11(14)15/h9H,3-8H2,1-2H3,(H,12,13)(H,14,15). The molecule has 0 bridgehead atoms. The van der Waals surface area contributed by atoms with Crippen LogP contribution in [0.4, 0.5) is 0 Å². The predicted octanol–water partition coefficient (Wildman–Crippen LogP) is 2.35. The molecular formula is C11H21O5P. The highest BCUT2D eigenvalue weighted by molar-refractivity contribution is 7.64. The summed E-state index contributed by atoms with van der Waals surface area (Å²) < 4.78 is 12.4. The van der Waals surface area contributed by atoms with Crippen molar-refractivity contribution in [2.24, 2.45) is 5.92 Å². The number of carboxylic acids is 2. The maximum Gasteiger partial charge on any atom is 0.303 e. The van der Waals surface area contributed by atoms with Crippen molar-refractivity contribution in [3.8, 4) is 0 Å². The van der Waals surface area contributed by atoms with Crippen LogP contribution >= 0.6 is 7.14 Å². The summed E-state index contributed by atoms with van der Waals surface area (Å²) in [5.74, 6) is -1.58. The molecule has 6 heteroatoms. The van der Waals surface area contributed by atoms with Gasteiger partial charge in [-0.3, -0.25) is 9.59 Å². The Morgan fingerprint density at radius 2 is 1.41 bits per heavy atom. The predicted molar refractivity (Wildman–Crippen MR) is 66.2 cm³/mol. The molecule has 0 aromatic carbocycles. The lowest BCUT2D eigenvalue weighted by atomic mass is 10.2. The molecule has 2 N–H and O–H groups in total. The van der Waals surface area contributed by atoms with Crippen LogP contribution in [-0.4, -0.2) is 40.6 Å². The molecule has 0 aliphatic heterocycles. The van der Waals surface area contributed by atoms with E-state index in [4.69, 9.17) is 10.2 Å². The maximum absolute atomic E-state index is 12.4. The zero-order chi connectivity index (χ0) is 13.5. The minimum atomic E-state index is -2.64. The van der Waals surface area contributed by atoms with Gasteiger partial charge in [0, 0.05) is 18.5 Å². The van der Waals surface area contributed by atoms with Crippen molar-refractivity contribution < 1.29 is 24.4 Å². The Morgan fingerprint density at radius 3 is 1.71 bits per heavy atom. The third kappa shape index (κ3) is 8.93. The fourth-order valence-corrected chi connectivity index (χ4v) is 4.28. The van der Waals surface area contributed by atoms with Crippen LogP contribution in [-0.2, 0) is 14.2 Å². The van der Waals surface area contributed by atoms with Gasteiger partial charge in [-0.1, -0.05) is 13.8 Å². The van der Waals surface area contributed by atoms with Gasteiger partial charge in [-0.2, -0.15) is 0 Å². The van der Waals surface area contributed by atoms with E-state index in [1.807, 2.05) is 13.8 Å². The van der Waals surface area contributed by atoms with E-state index in [0.29, 0.717) is 12.1 Å². The SMILES string of the molecule is CC(C)CCP(=O)(CCC(=O)O)CCC(=O)O. The van der Waals surface area contributed by atoms with E-state index in [1.165, 1.54) is 0 Å². The molecule has 0 unspecified atom stereocenters. The topological polar surface area (TPSA) is 91.7 Å². The summed E-state index contributed by atoms with van der Waals surface area (Å²) in [5, 5.41) is 17.2. The first-order valence-electron chi connectivity index (χ1n) is 5.76. The van der Waals surface area contributed by atoms with Gasteiger partial charge >= 0.3 is 11.9 Å². The van der Waals surface area contributed by atoms with E-state index >= 15 is 0 Å². The number of carboxylic acid groups (broad SMARTS) is 2. The first kappa shape index (κ1) is 16.2. The van der Waals surface area contributed by atoms with Gasteiger partial charge in [-0.15, -0.1) is 0 Å². The van der Waals surface area contributed by atoms with Crippen LogP contribution in [0.2, 0.25) is 0 Å². The highest BCUT2D eigenvalue weighted by atomic mass is 31.2. The molecule has 0 saturated carbocycles. The zero-order valence-electron chi connectivity index (χ0n) is 10.4. The molecule has 0 rings (SSSR count). The minimum Gasteiger partial charge on any atom is -0.481 e. The van der Waals surface area contributed by atoms with Crippen molar-refractivity contribution >= 4 is 19.1 Å². The molecule has 0 aromatic rings. The van der Waals surface area contributed by atoms with E-state index in [9.17, 15) is 14.2 Å². The van der Waals surface area contributed by atoms with Crippen molar-refractivity contribution in [2.75, 3.05) is 18.5 Å². The average Bonchev–Trinajstić information content (AvgIpc) is 2.21. The molecule has 0 heterocycles. The normalized spacial score (nSPS) is 11.7. The lowest BCUT2D eigenvalue weighted by Crippen LogP contribution is -2.09. The fourth-order valence-electron chi connectivity index (χ4n) is 1.43. The van der Waals surface area contributed by atoms with Gasteiger partial charge < -0.3 is 14.8 Å². The monoisotopic (exact) mass is 264 g/mol. The van der Waals surface area contributed by atoms with Gasteiger partial charge in [-0.05, 0) is 12.3 Å². The Kier molecular flexibility index (Phi) is 7.12. The summed E-state index contributed by atoms with van der Waals surface area (Å²) in [6, 6.07) is 0. The van der Waals surface area contributed by atoms with E-state index < -0.39 is 19.1 Å². The minimum absolute atomic E-state index is 0.113. The van der Waals surface area contributed by atoms with Crippen LogP contribution in [0, 0.1) is 5.92 Å². The van der Waals surface area contributed by atoms with E-state index in [0.717, 1.165) is 6.42 Å². The van der Waals surface area contributed by atoms with Gasteiger partial charge in [0.1, 0.15) is 0 Å². The van der Waals surface area contributed by atoms with Gasteiger partial charge in [0.2, 0.25) is 0 Å². The fraction of sp³-hybridized carbons (Fsp3) is 0.818. The Labute approximate surface area is 102 Å². The molecule has 0 saturated heterocycles. The number of rotatable bonds is 9. The van der Waals surface area contributed by atoms with Crippen LogP contribution in [0.25, 0.3) is 0 Å². The van der Waals surface area contributed by atoms with Crippen LogP contribution in [0.15, 0.2) is 0 Å². The quantitative estimate of drug-likeness (QED) is 0.623. The lowest BCUT2D eigenvalue weighted by Gasteiger charge is -2.17. The summed E-state index contributed by atoms with van der Waals surface area (Å²) in [5.41, 5.74) is 0. The van der Waals surface area contributed by atoms with E-state index in [2.05, 4.69) is 0 Å². The van der Waals surface area contributed by atoms with Gasteiger partial charge in [0.05, 0.1) is 20.0 Å². The molecule has 0 aromatic heterocycles. The largest absolute Gasteiger partial charge is 0.481 e. The average molecular weight is 264 g/mol. The summed E-state index contributed by atoms with van der Waals surface area (Å²) in [7, 11) is -2.64. The molecule has 0 amide bonds. The first-order chi connectivity index (χ1) is 7.75. The zero-order valence-corrected chi connectivity index (χ0v) is 11.3. The summed E-state index contributed by atoms with van der Waals surface area (Å²) >= 11 is 0. The molecule has 0 spiro atoms. The lowest BCUT2D eigenvalue weighted by molar-refractivity contribution is -0.137. The highest BCUT2D eigenvalue weighted by Crippen LogP contribution is 2.47. The van der Waals surface area contributed by atoms with Crippen molar-refractivity contribution in [1.82, 2.24) is 0 Å². The summed E-state index contributed by atoms with van der Waals surface area (Å²) in [6.07, 6.45) is 1.14. The molecular weight excluding hydrogens is 243 g/mol. The molecule has 0 aliphatic rings. The van der Waals surface area contributed by atoms with Crippen molar-refractivity contribution in [3.63, 3.8) is 0 Å². The van der Waals surface area contributed by atoms with Crippen LogP contribution in [0.1, 0.15) is 33.1 Å². The smallest absolute Gasteiger partial charge is 0.303 e. The van der Waals surface area contributed by atoms with Gasteiger partial charge in [0.25, 0.3) is 0 Å². The Hall–Kier alpha value is -0.830. The van der Waals surface area contributed by atoms with Crippen LogP contribution in [0.5, 0.6) is 0 Å². The van der Waals surface area contributed by atoms with E-state index in [1.54, 1.807) is 0 Å². The number of aliphatic carboxylic acids is 2. The molecule has 5 nitrogen and oxygen atoms in total. The van der Waals surface area contributed by atoms with Crippen LogP contribution in [0.3, 0.4) is 0 Å². The second-order valence-corrected chi connectivity index (χ2v) is 8.16. The maximum atomic E-state index is 12.4. The number of carbonyl (C=O) groups is 2. The molecule has 100 valence electrons. The second-order valence-electron chi connectivity index (χ2n) is 4.70. The molecule has 0 aliphatic carbocycles. The molecule has 0 atom stereocenters. The second kappa shape index (κ2) is 7.49. The molecule has 17 heavy (non-hydrogen) atoms. The van der Waals surface area contributed by atoms with Gasteiger partial charge in [-0.25, -0.2) is 0 Å². The molecule has 0 fully saturated rings. The third-order valence-electron chi connectivity index (χ3n) is 2.58. The van der Waals surface area contributed by atoms with E-state index in [-0.39, 0.29) is 25.2 Å². The molecule has 0 radical (unpaired) electrons. The Balaban J connectivity index is 4.39. The first-order valence-corrected chi connectivity index (χ1v) is 8.02.